The smallest absolute Gasteiger partial charge is 0.132 e. The standard InChI is InChI=1S/C50H42N2O/c1-33(36-16-6-5-7-17-36)34(2)49(4,52-35(3)46-23-14-15-31-51-46)39-28-25-37(26-29-39)38-27-30-48-45(32-38)50(44-22-12-13-24-47(44)53-48)42-20-10-8-18-40(42)41-19-9-11-21-43(41)50/h5-32,35,52H,1-4H3/b34-33+. The maximum absolute atomic E-state index is 6.69. The fraction of sp³-hybridized carbons (Fsp3) is 0.140. The number of pyridine rings is 1. The molecule has 6 aromatic carbocycles. The molecule has 0 saturated heterocycles. The zero-order valence-electron chi connectivity index (χ0n) is 30.6. The molecule has 1 aliphatic heterocycles. The SMILES string of the molecule is C/C(=C(/C)C(C)(NC(C)c1ccccn1)c1ccc(-c2ccc3c(c2)C2(c4ccccc4O3)c3ccccc3-c3ccccc32)cc1)c1ccccc1. The minimum Gasteiger partial charge on any atom is -0.457 e. The van der Waals surface area contributed by atoms with Gasteiger partial charge in [-0.3, -0.25) is 10.3 Å². The lowest BCUT2D eigenvalue weighted by molar-refractivity contribution is 0.376. The number of fused-ring (bicyclic) bond motifs is 9. The number of rotatable bonds is 7. The molecular formula is C50H42N2O. The summed E-state index contributed by atoms with van der Waals surface area (Å²) in [5.41, 5.74) is 14.8. The molecule has 1 spiro atoms. The Hall–Kier alpha value is -6.03. The molecule has 1 aromatic heterocycles. The van der Waals surface area contributed by atoms with E-state index in [1.807, 2.05) is 12.3 Å². The number of aromatic nitrogens is 1. The van der Waals surface area contributed by atoms with Crippen molar-refractivity contribution in [2.45, 2.75) is 44.7 Å². The molecule has 0 saturated carbocycles. The molecular weight excluding hydrogens is 645 g/mol. The van der Waals surface area contributed by atoms with Gasteiger partial charge in [-0.2, -0.15) is 0 Å². The Balaban J connectivity index is 1.17. The van der Waals surface area contributed by atoms with E-state index in [0.29, 0.717) is 0 Å². The molecule has 3 heteroatoms. The van der Waals surface area contributed by atoms with Gasteiger partial charge < -0.3 is 4.74 Å². The van der Waals surface area contributed by atoms with E-state index in [4.69, 9.17) is 9.72 Å². The average molecular weight is 687 g/mol. The van der Waals surface area contributed by atoms with E-state index >= 15 is 0 Å². The topological polar surface area (TPSA) is 34.2 Å². The highest BCUT2D eigenvalue weighted by Gasteiger charge is 2.51. The molecule has 1 N–H and O–H groups in total. The lowest BCUT2D eigenvalue weighted by Crippen LogP contribution is -2.42. The van der Waals surface area contributed by atoms with E-state index in [1.165, 1.54) is 55.7 Å². The molecule has 0 amide bonds. The molecule has 9 rings (SSSR count). The summed E-state index contributed by atoms with van der Waals surface area (Å²) in [6.45, 7) is 8.98. The second-order valence-electron chi connectivity index (χ2n) is 14.6. The van der Waals surface area contributed by atoms with Crippen LogP contribution in [0.2, 0.25) is 0 Å². The highest BCUT2D eigenvalue weighted by Crippen LogP contribution is 2.62. The van der Waals surface area contributed by atoms with Gasteiger partial charge in [0.2, 0.25) is 0 Å². The first-order valence-electron chi connectivity index (χ1n) is 18.5. The minimum atomic E-state index is -0.492. The van der Waals surface area contributed by atoms with Gasteiger partial charge in [-0.25, -0.2) is 0 Å². The van der Waals surface area contributed by atoms with Gasteiger partial charge in [-0.15, -0.1) is 0 Å². The van der Waals surface area contributed by atoms with E-state index in [2.05, 4.69) is 191 Å². The van der Waals surface area contributed by atoms with Crippen molar-refractivity contribution in [1.29, 1.82) is 0 Å². The summed E-state index contributed by atoms with van der Waals surface area (Å²) < 4.78 is 6.69. The van der Waals surface area contributed by atoms with Gasteiger partial charge in [-0.1, -0.05) is 133 Å². The summed E-state index contributed by atoms with van der Waals surface area (Å²) in [7, 11) is 0. The Kier molecular flexibility index (Phi) is 7.98. The fourth-order valence-electron chi connectivity index (χ4n) is 8.86. The van der Waals surface area contributed by atoms with Crippen molar-refractivity contribution >= 4 is 5.57 Å². The molecule has 2 atom stereocenters. The summed E-state index contributed by atoms with van der Waals surface area (Å²) in [6.07, 6.45) is 1.87. The van der Waals surface area contributed by atoms with E-state index in [1.54, 1.807) is 0 Å². The van der Waals surface area contributed by atoms with Crippen molar-refractivity contribution < 1.29 is 4.74 Å². The molecule has 258 valence electrons. The number of nitrogens with one attached hydrogen (secondary N) is 1. The van der Waals surface area contributed by atoms with Crippen LogP contribution in [-0.2, 0) is 11.0 Å². The predicted molar refractivity (Wildman–Crippen MR) is 217 cm³/mol. The van der Waals surface area contributed by atoms with Crippen molar-refractivity contribution in [3.05, 3.63) is 215 Å². The fourth-order valence-corrected chi connectivity index (χ4v) is 8.86. The van der Waals surface area contributed by atoms with Crippen molar-refractivity contribution in [2.24, 2.45) is 0 Å². The third-order valence-corrected chi connectivity index (χ3v) is 11.8. The van der Waals surface area contributed by atoms with Gasteiger partial charge in [0.15, 0.2) is 0 Å². The summed E-state index contributed by atoms with van der Waals surface area (Å²) in [4.78, 5) is 4.69. The van der Waals surface area contributed by atoms with Crippen LogP contribution < -0.4 is 10.1 Å². The van der Waals surface area contributed by atoms with E-state index in [-0.39, 0.29) is 6.04 Å². The van der Waals surface area contributed by atoms with E-state index < -0.39 is 11.0 Å². The Morgan fingerprint density at radius 2 is 1.19 bits per heavy atom. The second kappa shape index (κ2) is 12.9. The molecule has 0 bridgehead atoms. The van der Waals surface area contributed by atoms with Crippen LogP contribution in [0.25, 0.3) is 27.8 Å². The van der Waals surface area contributed by atoms with Crippen molar-refractivity contribution in [3.63, 3.8) is 0 Å². The average Bonchev–Trinajstić information content (AvgIpc) is 3.51. The monoisotopic (exact) mass is 686 g/mol. The molecule has 2 unspecified atom stereocenters. The van der Waals surface area contributed by atoms with Crippen molar-refractivity contribution in [3.8, 4) is 33.8 Å². The van der Waals surface area contributed by atoms with Crippen LogP contribution >= 0.6 is 0 Å². The number of allylic oxidation sites excluding steroid dienone is 1. The highest BCUT2D eigenvalue weighted by molar-refractivity contribution is 5.89. The predicted octanol–water partition coefficient (Wildman–Crippen LogP) is 12.3. The van der Waals surface area contributed by atoms with Gasteiger partial charge >= 0.3 is 0 Å². The zero-order valence-corrected chi connectivity index (χ0v) is 30.6. The number of nitrogens with zero attached hydrogens (tertiary/aromatic N) is 1. The summed E-state index contributed by atoms with van der Waals surface area (Å²) in [5.74, 6) is 1.80. The van der Waals surface area contributed by atoms with Gasteiger partial charge in [-0.05, 0) is 114 Å². The van der Waals surface area contributed by atoms with Crippen LogP contribution in [0.5, 0.6) is 11.5 Å². The molecule has 7 aromatic rings. The third kappa shape index (κ3) is 5.18. The highest BCUT2D eigenvalue weighted by atomic mass is 16.5. The van der Waals surface area contributed by atoms with Crippen LogP contribution in [0.15, 0.2) is 176 Å². The molecule has 0 fully saturated rings. The number of ether oxygens (including phenoxy) is 1. The molecule has 1 aliphatic carbocycles. The first kappa shape index (κ1) is 32.8. The van der Waals surface area contributed by atoms with Gasteiger partial charge in [0.1, 0.15) is 11.5 Å². The Morgan fingerprint density at radius 1 is 0.604 bits per heavy atom. The molecule has 3 nitrogen and oxygen atoms in total. The molecule has 2 heterocycles. The quantitative estimate of drug-likeness (QED) is 0.181. The lowest BCUT2D eigenvalue weighted by Gasteiger charge is -2.39. The van der Waals surface area contributed by atoms with Gasteiger partial charge in [0.25, 0.3) is 0 Å². The Labute approximate surface area is 312 Å². The van der Waals surface area contributed by atoms with Crippen LogP contribution in [0.1, 0.15) is 72.8 Å². The molecule has 53 heavy (non-hydrogen) atoms. The Morgan fingerprint density at radius 3 is 1.87 bits per heavy atom. The lowest BCUT2D eigenvalue weighted by atomic mass is 9.66. The summed E-state index contributed by atoms with van der Waals surface area (Å²) in [6, 6.07) is 59.0. The molecule has 2 aliphatic rings. The first-order chi connectivity index (χ1) is 25.9. The summed E-state index contributed by atoms with van der Waals surface area (Å²) >= 11 is 0. The third-order valence-electron chi connectivity index (χ3n) is 11.8. The largest absolute Gasteiger partial charge is 0.457 e. The number of hydrogen-bond acceptors (Lipinski definition) is 3. The number of benzene rings is 6. The number of para-hydroxylation sites is 1. The van der Waals surface area contributed by atoms with Crippen molar-refractivity contribution in [2.75, 3.05) is 0 Å². The van der Waals surface area contributed by atoms with Crippen LogP contribution in [0, 0.1) is 0 Å². The Bertz CT molecular complexity index is 2460. The first-order valence-corrected chi connectivity index (χ1v) is 18.5. The van der Waals surface area contributed by atoms with E-state index in [0.717, 1.165) is 28.3 Å². The van der Waals surface area contributed by atoms with Gasteiger partial charge in [0, 0.05) is 23.4 Å². The van der Waals surface area contributed by atoms with Crippen LogP contribution in [0.4, 0.5) is 0 Å². The van der Waals surface area contributed by atoms with Gasteiger partial charge in [0.05, 0.1) is 16.6 Å². The minimum absolute atomic E-state index is 0.0243. The maximum atomic E-state index is 6.69. The summed E-state index contributed by atoms with van der Waals surface area (Å²) in [5, 5.41) is 4.00. The molecule has 0 radical (unpaired) electrons. The van der Waals surface area contributed by atoms with Crippen molar-refractivity contribution in [1.82, 2.24) is 10.3 Å². The second-order valence-corrected chi connectivity index (χ2v) is 14.6. The van der Waals surface area contributed by atoms with Crippen LogP contribution in [-0.4, -0.2) is 4.98 Å². The zero-order chi connectivity index (χ0) is 36.2. The normalized spacial score (nSPS) is 15.5. The number of hydrogen-bond donors (Lipinski definition) is 1. The van der Waals surface area contributed by atoms with Crippen LogP contribution in [0.3, 0.4) is 0 Å². The van der Waals surface area contributed by atoms with E-state index in [9.17, 15) is 0 Å². The maximum Gasteiger partial charge on any atom is 0.132 e.